The van der Waals surface area contributed by atoms with E-state index in [1.54, 1.807) is 21.1 Å². The molecule has 9 nitrogen and oxygen atoms in total. The first-order valence-corrected chi connectivity index (χ1v) is 12.5. The molecule has 0 bridgehead atoms. The van der Waals surface area contributed by atoms with Crippen LogP contribution < -0.4 is 10.1 Å². The molecule has 1 aromatic rings. The maximum atomic E-state index is 13.2. The summed E-state index contributed by atoms with van der Waals surface area (Å²) >= 11 is 0. The van der Waals surface area contributed by atoms with Crippen LogP contribution in [-0.2, 0) is 14.3 Å². The molecule has 2 fully saturated rings. The van der Waals surface area contributed by atoms with Gasteiger partial charge in [0.15, 0.2) is 0 Å². The van der Waals surface area contributed by atoms with Gasteiger partial charge in [-0.15, -0.1) is 0 Å². The molecule has 2 aliphatic heterocycles. The van der Waals surface area contributed by atoms with E-state index in [0.29, 0.717) is 49.7 Å². The molecular weight excluding hydrogens is 448 g/mol. The van der Waals surface area contributed by atoms with E-state index in [1.807, 2.05) is 29.2 Å². The zero-order chi connectivity index (χ0) is 24.9. The number of nitrogens with one attached hydrogen (secondary N) is 1. The molecule has 0 aromatic heterocycles. The Kier molecular flexibility index (Phi) is 7.95. The molecule has 1 N–H and O–H groups in total. The molecule has 190 valence electrons. The summed E-state index contributed by atoms with van der Waals surface area (Å²) in [5, 5.41) is 2.94. The first-order chi connectivity index (χ1) is 16.9. The van der Waals surface area contributed by atoms with Crippen molar-refractivity contribution in [2.24, 2.45) is 5.92 Å². The van der Waals surface area contributed by atoms with E-state index in [1.165, 1.54) is 4.90 Å². The van der Waals surface area contributed by atoms with E-state index in [2.05, 4.69) is 10.2 Å². The monoisotopic (exact) mass is 484 g/mol. The summed E-state index contributed by atoms with van der Waals surface area (Å²) in [4.78, 5) is 44.6. The van der Waals surface area contributed by atoms with Crippen LogP contribution in [0.4, 0.5) is 4.79 Å². The molecule has 1 saturated carbocycles. The maximum Gasteiger partial charge on any atom is 0.338 e. The second-order valence-electron chi connectivity index (χ2n) is 9.38. The summed E-state index contributed by atoms with van der Waals surface area (Å²) in [6, 6.07) is 6.41. The third kappa shape index (κ3) is 5.45. The number of urea groups is 1. The summed E-state index contributed by atoms with van der Waals surface area (Å²) in [6.07, 6.45) is 4.29. The number of nitrogens with zero attached hydrogens (tertiary/aromatic N) is 3. The van der Waals surface area contributed by atoms with E-state index in [-0.39, 0.29) is 24.5 Å². The van der Waals surface area contributed by atoms with E-state index in [9.17, 15) is 14.4 Å². The van der Waals surface area contributed by atoms with Crippen molar-refractivity contribution in [3.05, 3.63) is 41.1 Å². The zero-order valence-electron chi connectivity index (χ0n) is 20.9. The minimum Gasteiger partial charge on any atom is -0.497 e. The first-order valence-electron chi connectivity index (χ1n) is 12.5. The lowest BCUT2D eigenvalue weighted by molar-refractivity contribution is -0.139. The molecule has 3 amide bonds. The topological polar surface area (TPSA) is 91.4 Å². The van der Waals surface area contributed by atoms with Gasteiger partial charge in [-0.05, 0) is 37.5 Å². The van der Waals surface area contributed by atoms with Crippen LogP contribution in [-0.4, -0.2) is 86.1 Å². The van der Waals surface area contributed by atoms with Crippen LogP contribution in [0.3, 0.4) is 0 Å². The van der Waals surface area contributed by atoms with Crippen LogP contribution in [0.15, 0.2) is 35.5 Å². The van der Waals surface area contributed by atoms with Gasteiger partial charge in [0.2, 0.25) is 5.91 Å². The third-order valence-electron chi connectivity index (χ3n) is 7.26. The summed E-state index contributed by atoms with van der Waals surface area (Å²) in [6.45, 7) is 5.13. The maximum absolute atomic E-state index is 13.2. The highest BCUT2D eigenvalue weighted by Crippen LogP contribution is 2.33. The van der Waals surface area contributed by atoms with Crippen LogP contribution in [0.2, 0.25) is 0 Å². The molecule has 1 unspecified atom stereocenters. The normalized spacial score (nSPS) is 21.8. The van der Waals surface area contributed by atoms with Gasteiger partial charge >= 0.3 is 12.0 Å². The van der Waals surface area contributed by atoms with Gasteiger partial charge in [0.25, 0.3) is 0 Å². The van der Waals surface area contributed by atoms with Crippen LogP contribution in [0.25, 0.3) is 0 Å². The largest absolute Gasteiger partial charge is 0.497 e. The lowest BCUT2D eigenvalue weighted by Gasteiger charge is -2.40. The van der Waals surface area contributed by atoms with Gasteiger partial charge in [-0.25, -0.2) is 9.59 Å². The van der Waals surface area contributed by atoms with E-state index >= 15 is 0 Å². The minimum absolute atomic E-state index is 0.177. The number of amides is 3. The predicted octanol–water partition coefficient (Wildman–Crippen LogP) is 2.54. The average molecular weight is 485 g/mol. The summed E-state index contributed by atoms with van der Waals surface area (Å²) in [7, 11) is 3.25. The van der Waals surface area contributed by atoms with Gasteiger partial charge in [0.05, 0.1) is 25.3 Å². The molecule has 1 saturated heterocycles. The Bertz CT molecular complexity index is 980. The van der Waals surface area contributed by atoms with Crippen molar-refractivity contribution < 1.29 is 23.9 Å². The number of likely N-dealkylation sites (N-methyl/N-ethyl adjacent to an activating group) is 1. The molecule has 4 rings (SSSR count). The summed E-state index contributed by atoms with van der Waals surface area (Å²) in [5.74, 6) is 0.651. The highest BCUT2D eigenvalue weighted by molar-refractivity contribution is 5.95. The number of piperazine rings is 1. The number of esters is 1. The number of ether oxygens (including phenoxy) is 2. The molecular formula is C26H36N4O5. The smallest absolute Gasteiger partial charge is 0.338 e. The highest BCUT2D eigenvalue weighted by atomic mass is 16.5. The number of carbonyl (C=O) groups is 3. The van der Waals surface area contributed by atoms with Gasteiger partial charge in [0.1, 0.15) is 5.75 Å². The molecule has 1 aromatic carbocycles. The number of benzene rings is 1. The Morgan fingerprint density at radius 3 is 2.49 bits per heavy atom. The average Bonchev–Trinajstić information content (AvgIpc) is 3.42. The fourth-order valence-corrected chi connectivity index (χ4v) is 5.24. The highest BCUT2D eigenvalue weighted by Gasteiger charge is 2.38. The molecule has 3 aliphatic rings. The Morgan fingerprint density at radius 1 is 1.11 bits per heavy atom. The lowest BCUT2D eigenvalue weighted by Crippen LogP contribution is -2.53. The first kappa shape index (κ1) is 25.0. The molecule has 9 heteroatoms. The number of hydrogen-bond acceptors (Lipinski definition) is 6. The summed E-state index contributed by atoms with van der Waals surface area (Å²) < 4.78 is 10.8. The molecule has 35 heavy (non-hydrogen) atoms. The second-order valence-corrected chi connectivity index (χ2v) is 9.38. The Morgan fingerprint density at radius 2 is 1.83 bits per heavy atom. The van der Waals surface area contributed by atoms with Gasteiger partial charge < -0.3 is 19.7 Å². The van der Waals surface area contributed by atoms with Crippen molar-refractivity contribution in [2.45, 2.75) is 38.6 Å². The number of rotatable bonds is 7. The standard InChI is InChI=1S/C26H36N4O5/c1-4-35-25(32)22-21(17-29-12-14-30(15-13-29)24(31)18-8-5-6-9-18)28(2)26(33)27-23(22)19-10-7-11-20(16-19)34-3/h7,10-11,16,18,23H,4-6,8-9,12-15,17H2,1-3H3,(H,27,33). The Balaban J connectivity index is 1.57. The Labute approximate surface area is 207 Å². The fraction of sp³-hybridized carbons (Fsp3) is 0.577. The number of hydrogen-bond donors (Lipinski definition) is 1. The zero-order valence-corrected chi connectivity index (χ0v) is 20.9. The van der Waals surface area contributed by atoms with Crippen LogP contribution in [0, 0.1) is 5.92 Å². The van der Waals surface area contributed by atoms with Crippen molar-refractivity contribution in [3.63, 3.8) is 0 Å². The van der Waals surface area contributed by atoms with Crippen LogP contribution in [0.5, 0.6) is 5.75 Å². The van der Waals surface area contributed by atoms with E-state index < -0.39 is 12.0 Å². The van der Waals surface area contributed by atoms with Gasteiger partial charge in [-0.2, -0.15) is 0 Å². The van der Waals surface area contributed by atoms with E-state index in [4.69, 9.17) is 9.47 Å². The van der Waals surface area contributed by atoms with Crippen molar-refractivity contribution in [3.8, 4) is 5.75 Å². The Hall–Kier alpha value is -3.07. The van der Waals surface area contributed by atoms with Gasteiger partial charge in [-0.3, -0.25) is 14.6 Å². The predicted molar refractivity (Wildman–Crippen MR) is 131 cm³/mol. The molecule has 0 radical (unpaired) electrons. The van der Waals surface area contributed by atoms with Crippen molar-refractivity contribution in [1.29, 1.82) is 0 Å². The SMILES string of the molecule is CCOC(=O)C1=C(CN2CCN(C(=O)C3CCCC3)CC2)N(C)C(=O)NC1c1cccc(OC)c1. The third-order valence-corrected chi connectivity index (χ3v) is 7.26. The van der Waals surface area contributed by atoms with Crippen molar-refractivity contribution in [1.82, 2.24) is 20.0 Å². The van der Waals surface area contributed by atoms with Crippen LogP contribution in [0.1, 0.15) is 44.2 Å². The lowest BCUT2D eigenvalue weighted by atomic mass is 9.94. The second kappa shape index (κ2) is 11.1. The fourth-order valence-electron chi connectivity index (χ4n) is 5.24. The molecule has 2 heterocycles. The minimum atomic E-state index is -0.645. The quantitative estimate of drug-likeness (QED) is 0.598. The number of carbonyl (C=O) groups excluding carboxylic acids is 3. The van der Waals surface area contributed by atoms with Crippen molar-refractivity contribution in [2.75, 3.05) is 53.5 Å². The van der Waals surface area contributed by atoms with Crippen molar-refractivity contribution >= 4 is 17.9 Å². The molecule has 0 spiro atoms. The van der Waals surface area contributed by atoms with E-state index in [0.717, 1.165) is 31.2 Å². The number of methoxy groups -OCH3 is 1. The van der Waals surface area contributed by atoms with Gasteiger partial charge in [0, 0.05) is 51.4 Å². The van der Waals surface area contributed by atoms with Crippen LogP contribution >= 0.6 is 0 Å². The van der Waals surface area contributed by atoms with Gasteiger partial charge in [-0.1, -0.05) is 25.0 Å². The molecule has 1 aliphatic carbocycles. The summed E-state index contributed by atoms with van der Waals surface area (Å²) in [5.41, 5.74) is 1.79. The molecule has 1 atom stereocenters.